The van der Waals surface area contributed by atoms with Crippen LogP contribution in [0.5, 0.6) is 11.5 Å². The average molecular weight is 425 g/mol. The van der Waals surface area contributed by atoms with Crippen LogP contribution in [0.4, 0.5) is 17.2 Å². The van der Waals surface area contributed by atoms with Gasteiger partial charge in [0, 0.05) is 18.6 Å². The zero-order valence-corrected chi connectivity index (χ0v) is 16.8. The summed E-state index contributed by atoms with van der Waals surface area (Å²) < 4.78 is 7.12. The third-order valence-corrected chi connectivity index (χ3v) is 4.41. The second-order valence-electron chi connectivity index (χ2n) is 6.76. The number of nitro groups is 2. The van der Waals surface area contributed by atoms with Crippen LogP contribution in [-0.2, 0) is 11.3 Å². The minimum atomic E-state index is -0.608. The smallest absolute Gasteiger partial charge is 0.390 e. The highest BCUT2D eigenvalue weighted by Crippen LogP contribution is 2.31. The molecule has 3 aromatic rings. The Bertz CT molecular complexity index is 1160. The fraction of sp³-hybridized carbons (Fsp3) is 0.200. The lowest BCUT2D eigenvalue weighted by Crippen LogP contribution is -2.15. The summed E-state index contributed by atoms with van der Waals surface area (Å²) >= 11 is 0. The number of benzene rings is 2. The van der Waals surface area contributed by atoms with E-state index in [1.165, 1.54) is 28.9 Å². The first-order valence-electron chi connectivity index (χ1n) is 9.24. The van der Waals surface area contributed by atoms with Crippen LogP contribution < -0.4 is 10.1 Å². The molecule has 0 atom stereocenters. The van der Waals surface area contributed by atoms with Gasteiger partial charge in [0.05, 0.1) is 40.1 Å². The van der Waals surface area contributed by atoms with Crippen molar-refractivity contribution in [2.45, 2.75) is 26.8 Å². The van der Waals surface area contributed by atoms with E-state index < -0.39 is 15.8 Å². The molecule has 2 aromatic carbocycles. The molecule has 0 aliphatic carbocycles. The molecule has 0 spiro atoms. The number of non-ortho nitro benzene ring substituents is 1. The van der Waals surface area contributed by atoms with E-state index in [-0.39, 0.29) is 35.9 Å². The minimum Gasteiger partial charge on any atom is -0.457 e. The maximum atomic E-state index is 12.3. The van der Waals surface area contributed by atoms with Gasteiger partial charge in [-0.3, -0.25) is 14.9 Å². The number of ether oxygens (including phenoxy) is 1. The summed E-state index contributed by atoms with van der Waals surface area (Å²) in [6.45, 7) is 3.61. The molecule has 0 saturated heterocycles. The minimum absolute atomic E-state index is 0.0314. The first-order valence-corrected chi connectivity index (χ1v) is 9.24. The van der Waals surface area contributed by atoms with Crippen LogP contribution in [0.15, 0.2) is 48.5 Å². The zero-order chi connectivity index (χ0) is 22.5. The summed E-state index contributed by atoms with van der Waals surface area (Å²) in [6, 6.07) is 12.5. The number of carbonyl (C=O) groups is 1. The number of aryl methyl sites for hydroxylation is 3. The van der Waals surface area contributed by atoms with Crippen molar-refractivity contribution in [1.82, 2.24) is 9.78 Å². The highest BCUT2D eigenvalue weighted by atomic mass is 16.6. The van der Waals surface area contributed by atoms with Crippen molar-refractivity contribution < 1.29 is 19.4 Å². The molecule has 1 amide bonds. The van der Waals surface area contributed by atoms with Crippen LogP contribution in [-0.4, -0.2) is 25.5 Å². The van der Waals surface area contributed by atoms with E-state index in [0.717, 1.165) is 5.56 Å². The van der Waals surface area contributed by atoms with E-state index in [0.29, 0.717) is 11.4 Å². The summed E-state index contributed by atoms with van der Waals surface area (Å²) in [5, 5.41) is 28.5. The molecule has 3 rings (SSSR count). The molecule has 0 bridgehead atoms. The number of nitrogens with zero attached hydrogens (tertiary/aromatic N) is 4. The fourth-order valence-electron chi connectivity index (χ4n) is 2.86. The SMILES string of the molecule is Cc1ccccc1Oc1cc(NC(=O)CCn2nc([N+](=O)[O-])cc2C)cc([N+](=O)[O-])c1. The van der Waals surface area contributed by atoms with E-state index >= 15 is 0 Å². The fourth-order valence-corrected chi connectivity index (χ4v) is 2.86. The van der Waals surface area contributed by atoms with Crippen molar-refractivity contribution in [1.29, 1.82) is 0 Å². The standard InChI is InChI=1S/C20H19N5O6/c1-13-5-3-4-6-18(13)31-17-11-15(10-16(12-17)24(27)28)21-20(26)7-8-23-14(2)9-19(22-23)25(29)30/h3-6,9-12H,7-8H2,1-2H3,(H,21,26). The van der Waals surface area contributed by atoms with Crippen molar-refractivity contribution in [3.05, 3.63) is 80.0 Å². The van der Waals surface area contributed by atoms with Gasteiger partial charge in [0.1, 0.15) is 11.5 Å². The zero-order valence-electron chi connectivity index (χ0n) is 16.8. The molecule has 0 unspecified atom stereocenters. The molecule has 0 aliphatic heterocycles. The number of nitrogens with one attached hydrogen (secondary N) is 1. The molecule has 1 N–H and O–H groups in total. The Hall–Kier alpha value is -4.28. The number of hydrogen-bond acceptors (Lipinski definition) is 7. The van der Waals surface area contributed by atoms with Gasteiger partial charge in [-0.1, -0.05) is 18.2 Å². The van der Waals surface area contributed by atoms with E-state index in [4.69, 9.17) is 4.74 Å². The molecule has 0 fully saturated rings. The Balaban J connectivity index is 1.73. The van der Waals surface area contributed by atoms with Gasteiger partial charge in [-0.2, -0.15) is 4.68 Å². The molecule has 11 heteroatoms. The monoisotopic (exact) mass is 425 g/mol. The van der Waals surface area contributed by atoms with Crippen molar-refractivity contribution in [3.63, 3.8) is 0 Å². The van der Waals surface area contributed by atoms with Crippen LogP contribution in [0.25, 0.3) is 0 Å². The van der Waals surface area contributed by atoms with Crippen molar-refractivity contribution in [2.75, 3.05) is 5.32 Å². The third-order valence-electron chi connectivity index (χ3n) is 4.41. The summed E-state index contributed by atoms with van der Waals surface area (Å²) in [5.41, 5.74) is 1.36. The second-order valence-corrected chi connectivity index (χ2v) is 6.76. The predicted octanol–water partition coefficient (Wildman–Crippen LogP) is 4.14. The van der Waals surface area contributed by atoms with Gasteiger partial charge in [-0.15, -0.1) is 0 Å². The maximum absolute atomic E-state index is 12.3. The van der Waals surface area contributed by atoms with Gasteiger partial charge in [0.15, 0.2) is 0 Å². The molecule has 0 saturated carbocycles. The highest BCUT2D eigenvalue weighted by Gasteiger charge is 2.17. The van der Waals surface area contributed by atoms with Crippen molar-refractivity contribution >= 4 is 23.1 Å². The molecule has 1 aromatic heterocycles. The van der Waals surface area contributed by atoms with E-state index in [2.05, 4.69) is 10.4 Å². The quantitative estimate of drug-likeness (QED) is 0.422. The number of aromatic nitrogens is 2. The van der Waals surface area contributed by atoms with Crippen molar-refractivity contribution in [3.8, 4) is 11.5 Å². The van der Waals surface area contributed by atoms with Crippen LogP contribution in [0.3, 0.4) is 0 Å². The number of rotatable bonds is 8. The normalized spacial score (nSPS) is 10.5. The molecule has 0 radical (unpaired) electrons. The van der Waals surface area contributed by atoms with Gasteiger partial charge in [-0.05, 0) is 30.4 Å². The molecule has 160 valence electrons. The molecule has 11 nitrogen and oxygen atoms in total. The van der Waals surface area contributed by atoms with E-state index in [1.54, 1.807) is 19.1 Å². The number of amides is 1. The Morgan fingerprint density at radius 2 is 1.84 bits per heavy atom. The van der Waals surface area contributed by atoms with Gasteiger partial charge in [0.2, 0.25) is 5.91 Å². The first kappa shape index (κ1) is 21.4. The summed E-state index contributed by atoms with van der Waals surface area (Å²) in [6.07, 6.45) is -0.0314. The van der Waals surface area contributed by atoms with Gasteiger partial charge < -0.3 is 20.2 Å². The van der Waals surface area contributed by atoms with Crippen LogP contribution in [0, 0.1) is 34.1 Å². The van der Waals surface area contributed by atoms with Crippen LogP contribution in [0.1, 0.15) is 17.7 Å². The second kappa shape index (κ2) is 9.03. The molecule has 31 heavy (non-hydrogen) atoms. The molecule has 0 aliphatic rings. The van der Waals surface area contributed by atoms with Crippen LogP contribution >= 0.6 is 0 Å². The highest BCUT2D eigenvalue weighted by molar-refractivity contribution is 5.91. The number of nitro benzene ring substituents is 1. The number of carbonyl (C=O) groups excluding carboxylic acids is 1. The van der Waals surface area contributed by atoms with Crippen molar-refractivity contribution in [2.24, 2.45) is 0 Å². The summed E-state index contributed by atoms with van der Waals surface area (Å²) in [5.74, 6) is 0.0165. The molecule has 1 heterocycles. The maximum Gasteiger partial charge on any atom is 0.390 e. The summed E-state index contributed by atoms with van der Waals surface area (Å²) in [4.78, 5) is 33.2. The Morgan fingerprint density at radius 1 is 1.10 bits per heavy atom. The average Bonchev–Trinajstić information content (AvgIpc) is 3.09. The van der Waals surface area contributed by atoms with Gasteiger partial charge in [0.25, 0.3) is 5.69 Å². The third kappa shape index (κ3) is 5.41. The molecular weight excluding hydrogens is 406 g/mol. The number of para-hydroxylation sites is 1. The lowest BCUT2D eigenvalue weighted by Gasteiger charge is -2.11. The predicted molar refractivity (Wildman–Crippen MR) is 111 cm³/mol. The Labute approximate surface area is 176 Å². The van der Waals surface area contributed by atoms with Gasteiger partial charge >= 0.3 is 5.82 Å². The number of hydrogen-bond donors (Lipinski definition) is 1. The Morgan fingerprint density at radius 3 is 2.48 bits per heavy atom. The number of anilines is 1. The lowest BCUT2D eigenvalue weighted by molar-refractivity contribution is -0.389. The first-order chi connectivity index (χ1) is 14.7. The topological polar surface area (TPSA) is 142 Å². The lowest BCUT2D eigenvalue weighted by atomic mass is 10.2. The van der Waals surface area contributed by atoms with E-state index in [1.807, 2.05) is 19.1 Å². The van der Waals surface area contributed by atoms with Crippen LogP contribution in [0.2, 0.25) is 0 Å². The summed E-state index contributed by atoms with van der Waals surface area (Å²) in [7, 11) is 0. The Kier molecular flexibility index (Phi) is 6.24. The van der Waals surface area contributed by atoms with Gasteiger partial charge in [-0.25, -0.2) is 0 Å². The van der Waals surface area contributed by atoms with E-state index in [9.17, 15) is 25.0 Å². The largest absolute Gasteiger partial charge is 0.457 e. The molecular formula is C20H19N5O6.